The normalized spacial score (nSPS) is 11.6. The first-order chi connectivity index (χ1) is 9.29. The zero-order valence-electron chi connectivity index (χ0n) is 10.6. The number of hydrogen-bond acceptors (Lipinski definition) is 5. The maximum atomic E-state index is 5.03. The molecule has 0 saturated heterocycles. The average molecular weight is 292 g/mol. The van der Waals surface area contributed by atoms with Crippen molar-refractivity contribution in [1.82, 2.24) is 4.72 Å². The molecule has 1 aromatic heterocycles. The first kappa shape index (κ1) is 14.1. The van der Waals surface area contributed by atoms with Crippen LogP contribution in [0.15, 0.2) is 57.8 Å². The van der Waals surface area contributed by atoms with Gasteiger partial charge < -0.3 is 4.84 Å². The van der Waals surface area contributed by atoms with Gasteiger partial charge in [0.1, 0.15) is 5.76 Å². The van der Waals surface area contributed by atoms with Gasteiger partial charge in [0.15, 0.2) is 0 Å². The monoisotopic (exact) mass is 292 g/mol. The standard InChI is InChI=1S/C14H16N2OS2/c1-11(17-15)6-8-16-19-14-4-2-12(3-5-14)13-7-9-18-10-13/h2-7,9-10,16H,8,15H2,1H3/b11-6-. The number of thiophene rings is 1. The molecule has 3 N–H and O–H groups in total. The van der Waals surface area contributed by atoms with E-state index in [1.807, 2.05) is 13.0 Å². The van der Waals surface area contributed by atoms with Crippen LogP contribution in [0.1, 0.15) is 6.92 Å². The number of rotatable bonds is 6. The van der Waals surface area contributed by atoms with E-state index in [0.29, 0.717) is 12.3 Å². The predicted octanol–water partition coefficient (Wildman–Crippen LogP) is 3.81. The highest BCUT2D eigenvalue weighted by Crippen LogP contribution is 2.24. The second kappa shape index (κ2) is 7.35. The fourth-order valence-electron chi connectivity index (χ4n) is 1.50. The number of nitrogens with two attached hydrogens (primary N) is 1. The van der Waals surface area contributed by atoms with Gasteiger partial charge in [-0.25, -0.2) is 0 Å². The van der Waals surface area contributed by atoms with Gasteiger partial charge in [-0.15, -0.1) is 0 Å². The van der Waals surface area contributed by atoms with E-state index in [0.717, 1.165) is 0 Å². The molecule has 0 saturated carbocycles. The van der Waals surface area contributed by atoms with Crippen molar-refractivity contribution in [2.24, 2.45) is 5.90 Å². The van der Waals surface area contributed by atoms with Gasteiger partial charge in [0.05, 0.1) is 0 Å². The molecule has 5 heteroatoms. The van der Waals surface area contributed by atoms with Crippen LogP contribution >= 0.6 is 23.3 Å². The van der Waals surface area contributed by atoms with Gasteiger partial charge in [0.2, 0.25) is 0 Å². The Bertz CT molecular complexity index is 521. The first-order valence-electron chi connectivity index (χ1n) is 5.85. The SMILES string of the molecule is C/C(=C/CNSc1ccc(-c2ccsc2)cc1)ON. The second-order valence-electron chi connectivity index (χ2n) is 3.92. The maximum Gasteiger partial charge on any atom is 0.118 e. The Morgan fingerprint density at radius 3 is 2.74 bits per heavy atom. The summed E-state index contributed by atoms with van der Waals surface area (Å²) in [5, 5.41) is 4.24. The Balaban J connectivity index is 1.86. The number of nitrogens with one attached hydrogen (secondary N) is 1. The lowest BCUT2D eigenvalue weighted by Gasteiger charge is -2.03. The summed E-state index contributed by atoms with van der Waals surface area (Å²) in [4.78, 5) is 5.75. The van der Waals surface area contributed by atoms with E-state index in [4.69, 9.17) is 5.90 Å². The molecule has 0 aliphatic carbocycles. The van der Waals surface area contributed by atoms with E-state index < -0.39 is 0 Å². The third kappa shape index (κ3) is 4.40. The smallest absolute Gasteiger partial charge is 0.118 e. The zero-order valence-corrected chi connectivity index (χ0v) is 12.3. The van der Waals surface area contributed by atoms with Crippen LogP contribution in [0, 0.1) is 0 Å². The maximum absolute atomic E-state index is 5.03. The van der Waals surface area contributed by atoms with Gasteiger partial charge in [0, 0.05) is 11.4 Å². The Labute approximate surface area is 121 Å². The lowest BCUT2D eigenvalue weighted by Crippen LogP contribution is -2.05. The largest absolute Gasteiger partial charge is 0.417 e. The second-order valence-corrected chi connectivity index (χ2v) is 5.66. The molecule has 2 aromatic rings. The van der Waals surface area contributed by atoms with Crippen molar-refractivity contribution in [3.63, 3.8) is 0 Å². The molecule has 19 heavy (non-hydrogen) atoms. The summed E-state index contributed by atoms with van der Waals surface area (Å²) < 4.78 is 3.23. The van der Waals surface area contributed by atoms with Crippen molar-refractivity contribution in [1.29, 1.82) is 0 Å². The lowest BCUT2D eigenvalue weighted by atomic mass is 10.1. The highest BCUT2D eigenvalue weighted by molar-refractivity contribution is 7.97. The highest BCUT2D eigenvalue weighted by atomic mass is 32.2. The summed E-state index contributed by atoms with van der Waals surface area (Å²) in [5.74, 6) is 5.74. The molecule has 0 unspecified atom stereocenters. The van der Waals surface area contributed by atoms with Crippen molar-refractivity contribution >= 4 is 23.3 Å². The molecule has 0 spiro atoms. The third-order valence-electron chi connectivity index (χ3n) is 2.56. The molecule has 0 aliphatic rings. The molecule has 0 aliphatic heterocycles. The van der Waals surface area contributed by atoms with Crippen LogP contribution in [0.25, 0.3) is 11.1 Å². The third-order valence-corrected chi connectivity index (χ3v) is 4.06. The summed E-state index contributed by atoms with van der Waals surface area (Å²) in [7, 11) is 0. The van der Waals surface area contributed by atoms with Crippen molar-refractivity contribution < 1.29 is 4.84 Å². The van der Waals surface area contributed by atoms with E-state index in [1.54, 1.807) is 23.3 Å². The van der Waals surface area contributed by atoms with Gasteiger partial charge in [0.25, 0.3) is 0 Å². The number of hydrogen-bond donors (Lipinski definition) is 2. The first-order valence-corrected chi connectivity index (χ1v) is 7.61. The van der Waals surface area contributed by atoms with Crippen LogP contribution in [0.3, 0.4) is 0 Å². The van der Waals surface area contributed by atoms with E-state index in [9.17, 15) is 0 Å². The van der Waals surface area contributed by atoms with Gasteiger partial charge in [-0.3, -0.25) is 4.72 Å². The van der Waals surface area contributed by atoms with Crippen LogP contribution in [-0.2, 0) is 4.84 Å². The zero-order chi connectivity index (χ0) is 13.5. The quantitative estimate of drug-likeness (QED) is 0.368. The van der Waals surface area contributed by atoms with E-state index in [-0.39, 0.29) is 0 Å². The van der Waals surface area contributed by atoms with Crippen molar-refractivity contribution in [3.05, 3.63) is 52.9 Å². The molecule has 0 fully saturated rings. The van der Waals surface area contributed by atoms with Crippen LogP contribution in [0.5, 0.6) is 0 Å². The number of benzene rings is 1. The average Bonchev–Trinajstić information content (AvgIpc) is 2.98. The summed E-state index contributed by atoms with van der Waals surface area (Å²) >= 11 is 3.30. The Hall–Kier alpha value is -1.27. The van der Waals surface area contributed by atoms with E-state index >= 15 is 0 Å². The molecule has 0 atom stereocenters. The fourth-order valence-corrected chi connectivity index (χ4v) is 2.77. The molecule has 100 valence electrons. The lowest BCUT2D eigenvalue weighted by molar-refractivity contribution is 0.222. The minimum Gasteiger partial charge on any atom is -0.417 e. The van der Waals surface area contributed by atoms with Gasteiger partial charge in [-0.05, 0) is 65.0 Å². The molecule has 1 heterocycles. The van der Waals surface area contributed by atoms with Crippen molar-refractivity contribution in [2.75, 3.05) is 6.54 Å². The molecule has 0 bridgehead atoms. The molecule has 0 amide bonds. The minimum absolute atomic E-state index is 0.708. The predicted molar refractivity (Wildman–Crippen MR) is 82.6 cm³/mol. The van der Waals surface area contributed by atoms with Crippen LogP contribution in [-0.4, -0.2) is 6.54 Å². The van der Waals surface area contributed by atoms with E-state index in [1.165, 1.54) is 16.0 Å². The summed E-state index contributed by atoms with van der Waals surface area (Å²) in [6.07, 6.45) is 1.90. The van der Waals surface area contributed by atoms with Gasteiger partial charge in [-0.1, -0.05) is 12.1 Å². The highest BCUT2D eigenvalue weighted by Gasteiger charge is 1.98. The topological polar surface area (TPSA) is 47.3 Å². The molecule has 1 aromatic carbocycles. The summed E-state index contributed by atoms with van der Waals surface area (Å²) in [6.45, 7) is 2.53. The van der Waals surface area contributed by atoms with Gasteiger partial charge >= 0.3 is 0 Å². The molecule has 3 nitrogen and oxygen atoms in total. The Morgan fingerprint density at radius 1 is 1.32 bits per heavy atom. The Morgan fingerprint density at radius 2 is 2.11 bits per heavy atom. The van der Waals surface area contributed by atoms with Crippen LogP contribution in [0.2, 0.25) is 0 Å². The minimum atomic E-state index is 0.708. The summed E-state index contributed by atoms with van der Waals surface area (Å²) in [6, 6.07) is 10.6. The van der Waals surface area contributed by atoms with Crippen molar-refractivity contribution in [2.45, 2.75) is 11.8 Å². The van der Waals surface area contributed by atoms with Crippen molar-refractivity contribution in [3.8, 4) is 11.1 Å². The molecular weight excluding hydrogens is 276 g/mol. The molecule has 0 radical (unpaired) electrons. The van der Waals surface area contributed by atoms with Crippen LogP contribution < -0.4 is 10.6 Å². The van der Waals surface area contributed by atoms with E-state index in [2.05, 4.69) is 50.7 Å². The number of allylic oxidation sites excluding steroid dienone is 1. The molecular formula is C14H16N2OS2. The van der Waals surface area contributed by atoms with Gasteiger partial charge in [-0.2, -0.15) is 17.2 Å². The summed E-state index contributed by atoms with van der Waals surface area (Å²) in [5.41, 5.74) is 2.52. The fraction of sp³-hybridized carbons (Fsp3) is 0.143. The molecule has 2 rings (SSSR count). The van der Waals surface area contributed by atoms with Crippen LogP contribution in [0.4, 0.5) is 0 Å². The Kier molecular flexibility index (Phi) is 5.47.